The SMILES string of the molecule is CC(=O)c1oc([N+](=O)[O-])cc1C. The van der Waals surface area contributed by atoms with Gasteiger partial charge in [0, 0.05) is 12.5 Å². The molecule has 0 aromatic carbocycles. The van der Waals surface area contributed by atoms with Crippen LogP contribution in [-0.2, 0) is 0 Å². The van der Waals surface area contributed by atoms with E-state index in [9.17, 15) is 14.9 Å². The van der Waals surface area contributed by atoms with Gasteiger partial charge in [0.25, 0.3) is 0 Å². The summed E-state index contributed by atoms with van der Waals surface area (Å²) in [5.41, 5.74) is 0.495. The fourth-order valence-electron chi connectivity index (χ4n) is 0.905. The summed E-state index contributed by atoms with van der Waals surface area (Å²) >= 11 is 0. The largest absolute Gasteiger partial charge is 0.433 e. The van der Waals surface area contributed by atoms with Crippen LogP contribution in [0.2, 0.25) is 0 Å². The van der Waals surface area contributed by atoms with Gasteiger partial charge in [-0.05, 0) is 6.92 Å². The van der Waals surface area contributed by atoms with E-state index in [1.165, 1.54) is 13.0 Å². The molecule has 0 unspecified atom stereocenters. The van der Waals surface area contributed by atoms with Gasteiger partial charge in [0.1, 0.15) is 4.92 Å². The van der Waals surface area contributed by atoms with Gasteiger partial charge in [0.05, 0.1) is 6.07 Å². The van der Waals surface area contributed by atoms with Crippen molar-refractivity contribution in [2.75, 3.05) is 0 Å². The van der Waals surface area contributed by atoms with Gasteiger partial charge in [0.2, 0.25) is 0 Å². The number of furan rings is 1. The number of nitro groups is 1. The van der Waals surface area contributed by atoms with Crippen molar-refractivity contribution in [1.29, 1.82) is 0 Å². The van der Waals surface area contributed by atoms with Crippen molar-refractivity contribution in [3.05, 3.63) is 27.5 Å². The first-order valence-corrected chi connectivity index (χ1v) is 3.28. The highest BCUT2D eigenvalue weighted by Crippen LogP contribution is 2.20. The van der Waals surface area contributed by atoms with Gasteiger partial charge in [-0.1, -0.05) is 0 Å². The molecule has 0 aliphatic carbocycles. The number of carbonyl (C=O) groups excluding carboxylic acids is 1. The van der Waals surface area contributed by atoms with Crippen molar-refractivity contribution < 1.29 is 14.1 Å². The number of aryl methyl sites for hydroxylation is 1. The van der Waals surface area contributed by atoms with Crippen LogP contribution in [0.5, 0.6) is 0 Å². The van der Waals surface area contributed by atoms with Gasteiger partial charge in [0.15, 0.2) is 11.5 Å². The molecule has 0 N–H and O–H groups in total. The summed E-state index contributed by atoms with van der Waals surface area (Å²) in [6, 6.07) is 1.23. The molecule has 0 amide bonds. The molecule has 0 saturated carbocycles. The molecule has 1 rings (SSSR count). The fraction of sp³-hybridized carbons (Fsp3) is 0.286. The summed E-state index contributed by atoms with van der Waals surface area (Å²) < 4.78 is 4.69. The van der Waals surface area contributed by atoms with Crippen molar-refractivity contribution in [3.63, 3.8) is 0 Å². The van der Waals surface area contributed by atoms with Gasteiger partial charge in [-0.2, -0.15) is 0 Å². The predicted molar refractivity (Wildman–Crippen MR) is 40.1 cm³/mol. The zero-order valence-electron chi connectivity index (χ0n) is 6.66. The third-order valence-electron chi connectivity index (χ3n) is 1.40. The van der Waals surface area contributed by atoms with E-state index in [0.29, 0.717) is 5.56 Å². The number of nitrogens with zero attached hydrogens (tertiary/aromatic N) is 1. The maximum atomic E-state index is 10.8. The topological polar surface area (TPSA) is 73.3 Å². The molecule has 12 heavy (non-hydrogen) atoms. The van der Waals surface area contributed by atoms with Crippen molar-refractivity contribution >= 4 is 11.7 Å². The first-order valence-electron chi connectivity index (χ1n) is 3.28. The van der Waals surface area contributed by atoms with Crippen LogP contribution < -0.4 is 0 Å². The summed E-state index contributed by atoms with van der Waals surface area (Å²) in [7, 11) is 0. The van der Waals surface area contributed by atoms with Crippen LogP contribution >= 0.6 is 0 Å². The van der Waals surface area contributed by atoms with Crippen LogP contribution in [0.4, 0.5) is 5.88 Å². The smallest absolute Gasteiger partial charge is 0.397 e. The lowest BCUT2D eigenvalue weighted by Gasteiger charge is -1.86. The van der Waals surface area contributed by atoms with Crippen LogP contribution in [0.3, 0.4) is 0 Å². The van der Waals surface area contributed by atoms with Crippen LogP contribution in [0.25, 0.3) is 0 Å². The van der Waals surface area contributed by atoms with Crippen LogP contribution in [0.15, 0.2) is 10.5 Å². The maximum absolute atomic E-state index is 10.8. The standard InChI is InChI=1S/C7H7NO4/c1-4-3-6(8(10)11)12-7(4)5(2)9/h3H,1-2H3. The number of ketones is 1. The van der Waals surface area contributed by atoms with Gasteiger partial charge < -0.3 is 4.42 Å². The van der Waals surface area contributed by atoms with Crippen LogP contribution in [0.1, 0.15) is 23.0 Å². The minimum absolute atomic E-state index is 0.0571. The average Bonchev–Trinajstić information content (AvgIpc) is 2.30. The molecular formula is C7H7NO4. The summed E-state index contributed by atoms with van der Waals surface area (Å²) in [4.78, 5) is 20.3. The third-order valence-corrected chi connectivity index (χ3v) is 1.40. The minimum Gasteiger partial charge on any atom is -0.397 e. The molecule has 0 saturated heterocycles. The number of hydrogen-bond donors (Lipinski definition) is 0. The Hall–Kier alpha value is -1.65. The van der Waals surface area contributed by atoms with Crippen LogP contribution in [-0.4, -0.2) is 10.7 Å². The summed E-state index contributed by atoms with van der Waals surface area (Å²) in [5.74, 6) is -0.639. The Morgan fingerprint density at radius 1 is 1.67 bits per heavy atom. The summed E-state index contributed by atoms with van der Waals surface area (Å²) in [5, 5.41) is 10.2. The Bertz CT molecular complexity index is 339. The molecule has 1 aromatic rings. The Balaban J connectivity index is 3.17. The molecule has 0 spiro atoms. The molecule has 0 radical (unpaired) electrons. The number of hydrogen-bond acceptors (Lipinski definition) is 4. The number of rotatable bonds is 2. The average molecular weight is 169 g/mol. The van der Waals surface area contributed by atoms with Gasteiger partial charge >= 0.3 is 5.88 Å². The lowest BCUT2D eigenvalue weighted by molar-refractivity contribution is -0.402. The summed E-state index contributed by atoms with van der Waals surface area (Å²) in [6.45, 7) is 2.89. The predicted octanol–water partition coefficient (Wildman–Crippen LogP) is 1.70. The second kappa shape index (κ2) is 2.77. The van der Waals surface area contributed by atoms with Crippen molar-refractivity contribution in [2.24, 2.45) is 0 Å². The highest BCUT2D eigenvalue weighted by atomic mass is 16.6. The first-order chi connectivity index (χ1) is 5.52. The van der Waals surface area contributed by atoms with Crippen molar-refractivity contribution in [2.45, 2.75) is 13.8 Å². The van der Waals surface area contributed by atoms with E-state index in [-0.39, 0.29) is 11.5 Å². The molecule has 0 aliphatic rings. The first kappa shape index (κ1) is 8.45. The zero-order valence-corrected chi connectivity index (χ0v) is 6.66. The molecule has 0 aliphatic heterocycles. The van der Waals surface area contributed by atoms with Gasteiger partial charge in [-0.15, -0.1) is 0 Å². The molecule has 0 fully saturated rings. The lowest BCUT2D eigenvalue weighted by Crippen LogP contribution is -1.90. The highest BCUT2D eigenvalue weighted by molar-refractivity contribution is 5.92. The number of Topliss-reactive ketones (excluding diaryl/α,β-unsaturated/α-hetero) is 1. The van der Waals surface area contributed by atoms with E-state index < -0.39 is 10.8 Å². The molecule has 1 aromatic heterocycles. The fourth-order valence-corrected chi connectivity index (χ4v) is 0.905. The summed E-state index contributed by atoms with van der Waals surface area (Å²) in [6.07, 6.45) is 0. The van der Waals surface area contributed by atoms with Crippen molar-refractivity contribution in [3.8, 4) is 0 Å². The van der Waals surface area contributed by atoms with E-state index >= 15 is 0 Å². The second-order valence-corrected chi connectivity index (χ2v) is 2.41. The highest BCUT2D eigenvalue weighted by Gasteiger charge is 2.18. The molecule has 0 bridgehead atoms. The van der Waals surface area contributed by atoms with E-state index in [0.717, 1.165) is 0 Å². The van der Waals surface area contributed by atoms with Crippen molar-refractivity contribution in [1.82, 2.24) is 0 Å². The van der Waals surface area contributed by atoms with E-state index in [2.05, 4.69) is 4.42 Å². The minimum atomic E-state index is -0.667. The van der Waals surface area contributed by atoms with Gasteiger partial charge in [-0.25, -0.2) is 0 Å². The quantitative estimate of drug-likeness (QED) is 0.383. The molecule has 0 atom stereocenters. The van der Waals surface area contributed by atoms with E-state index in [4.69, 9.17) is 0 Å². The van der Waals surface area contributed by atoms with E-state index in [1.807, 2.05) is 0 Å². The van der Waals surface area contributed by atoms with E-state index in [1.54, 1.807) is 6.92 Å². The van der Waals surface area contributed by atoms with Crippen LogP contribution in [0, 0.1) is 17.0 Å². The molecule has 5 heteroatoms. The normalized spacial score (nSPS) is 9.83. The number of carbonyl (C=O) groups is 1. The lowest BCUT2D eigenvalue weighted by atomic mass is 10.2. The zero-order chi connectivity index (χ0) is 9.30. The van der Waals surface area contributed by atoms with Gasteiger partial charge in [-0.3, -0.25) is 14.9 Å². The monoisotopic (exact) mass is 169 g/mol. The Kier molecular flexibility index (Phi) is 1.95. The molecule has 1 heterocycles. The molecule has 5 nitrogen and oxygen atoms in total. The molecular weight excluding hydrogens is 162 g/mol. The Morgan fingerprint density at radius 2 is 2.25 bits per heavy atom. The molecule has 64 valence electrons. The maximum Gasteiger partial charge on any atom is 0.433 e. The Morgan fingerprint density at radius 3 is 2.50 bits per heavy atom. The Labute approximate surface area is 68.1 Å². The third kappa shape index (κ3) is 1.34. The second-order valence-electron chi connectivity index (χ2n) is 2.41.